The number of benzene rings is 1. The van der Waals surface area contributed by atoms with Crippen molar-refractivity contribution in [3.05, 3.63) is 52.9 Å². The zero-order valence-corrected chi connectivity index (χ0v) is 12.0. The summed E-state index contributed by atoms with van der Waals surface area (Å²) in [4.78, 5) is 23.8. The minimum atomic E-state index is -0.952. The van der Waals surface area contributed by atoms with Crippen LogP contribution >= 0.6 is 11.3 Å². The Balaban J connectivity index is 1.97. The van der Waals surface area contributed by atoms with Crippen molar-refractivity contribution in [2.75, 3.05) is 5.32 Å². The van der Waals surface area contributed by atoms with E-state index in [9.17, 15) is 9.59 Å². The fourth-order valence-electron chi connectivity index (χ4n) is 1.56. The summed E-state index contributed by atoms with van der Waals surface area (Å²) < 4.78 is 5.09. The SMILES string of the molecule is CC(OC(=O)c1ccccc1)C(=O)Nc1sccc1C#N. The van der Waals surface area contributed by atoms with Crippen LogP contribution in [0.15, 0.2) is 41.8 Å². The number of esters is 1. The van der Waals surface area contributed by atoms with Gasteiger partial charge in [0.25, 0.3) is 5.91 Å². The minimum absolute atomic E-state index is 0.381. The molecule has 0 saturated carbocycles. The lowest BCUT2D eigenvalue weighted by atomic mass is 10.2. The molecule has 5 nitrogen and oxygen atoms in total. The number of thiophene rings is 1. The van der Waals surface area contributed by atoms with Gasteiger partial charge in [-0.3, -0.25) is 4.79 Å². The average molecular weight is 300 g/mol. The number of carbonyl (C=O) groups excluding carboxylic acids is 2. The van der Waals surface area contributed by atoms with Crippen LogP contribution in [0.3, 0.4) is 0 Å². The third-order valence-corrected chi connectivity index (χ3v) is 3.51. The Labute approximate surface area is 125 Å². The average Bonchev–Trinajstić information content (AvgIpc) is 2.95. The van der Waals surface area contributed by atoms with Crippen LogP contribution in [0.5, 0.6) is 0 Å². The van der Waals surface area contributed by atoms with Gasteiger partial charge in [0.1, 0.15) is 11.1 Å². The number of rotatable bonds is 4. The maximum atomic E-state index is 12.0. The van der Waals surface area contributed by atoms with Crippen molar-refractivity contribution in [1.29, 1.82) is 5.26 Å². The summed E-state index contributed by atoms with van der Waals surface area (Å²) in [5, 5.41) is 13.6. The fraction of sp³-hybridized carbons (Fsp3) is 0.133. The number of nitrogens with zero attached hydrogens (tertiary/aromatic N) is 1. The number of amides is 1. The van der Waals surface area contributed by atoms with Gasteiger partial charge in [0, 0.05) is 0 Å². The molecule has 0 aliphatic carbocycles. The molecule has 1 atom stereocenters. The summed E-state index contributed by atoms with van der Waals surface area (Å²) in [6, 6.07) is 12.0. The third-order valence-electron chi connectivity index (χ3n) is 2.68. The number of hydrogen-bond donors (Lipinski definition) is 1. The van der Waals surface area contributed by atoms with Crippen molar-refractivity contribution in [1.82, 2.24) is 0 Å². The van der Waals surface area contributed by atoms with Crippen LogP contribution in [0.25, 0.3) is 0 Å². The van der Waals surface area contributed by atoms with E-state index < -0.39 is 18.0 Å². The molecule has 1 aromatic carbocycles. The molecule has 1 unspecified atom stereocenters. The Morgan fingerprint density at radius 1 is 1.29 bits per heavy atom. The third kappa shape index (κ3) is 3.68. The molecule has 0 radical (unpaired) electrons. The first-order chi connectivity index (χ1) is 10.1. The van der Waals surface area contributed by atoms with Crippen LogP contribution in [-0.4, -0.2) is 18.0 Å². The van der Waals surface area contributed by atoms with Gasteiger partial charge in [-0.2, -0.15) is 5.26 Å². The summed E-state index contributed by atoms with van der Waals surface area (Å²) in [7, 11) is 0. The number of nitrogens with one attached hydrogen (secondary N) is 1. The first-order valence-electron chi connectivity index (χ1n) is 6.16. The van der Waals surface area contributed by atoms with Gasteiger partial charge >= 0.3 is 5.97 Å². The minimum Gasteiger partial charge on any atom is -0.449 e. The van der Waals surface area contributed by atoms with Gasteiger partial charge in [-0.1, -0.05) is 18.2 Å². The lowest BCUT2D eigenvalue weighted by Gasteiger charge is -2.12. The van der Waals surface area contributed by atoms with Crippen LogP contribution in [0.2, 0.25) is 0 Å². The Morgan fingerprint density at radius 2 is 2.00 bits per heavy atom. The molecule has 1 N–H and O–H groups in total. The second-order valence-corrected chi connectivity index (χ2v) is 5.09. The highest BCUT2D eigenvalue weighted by Crippen LogP contribution is 2.22. The molecule has 1 heterocycles. The van der Waals surface area contributed by atoms with Gasteiger partial charge in [-0.05, 0) is 30.5 Å². The van der Waals surface area contributed by atoms with Crippen LogP contribution < -0.4 is 5.32 Å². The molecule has 0 aliphatic rings. The predicted octanol–water partition coefficient (Wildman–Crippen LogP) is 2.80. The normalized spacial score (nSPS) is 11.2. The molecule has 2 aromatic rings. The molecule has 0 saturated heterocycles. The first-order valence-corrected chi connectivity index (χ1v) is 7.04. The Kier molecular flexibility index (Phi) is 4.69. The maximum absolute atomic E-state index is 12.0. The molecule has 21 heavy (non-hydrogen) atoms. The highest BCUT2D eigenvalue weighted by molar-refractivity contribution is 7.14. The quantitative estimate of drug-likeness (QED) is 0.881. The fourth-order valence-corrected chi connectivity index (χ4v) is 2.30. The monoisotopic (exact) mass is 300 g/mol. The molecule has 2 rings (SSSR count). The van der Waals surface area contributed by atoms with Crippen molar-refractivity contribution in [3.63, 3.8) is 0 Å². The molecule has 106 valence electrons. The summed E-state index contributed by atoms with van der Waals surface area (Å²) in [6.07, 6.45) is -0.952. The number of hydrogen-bond acceptors (Lipinski definition) is 5. The molecule has 6 heteroatoms. The van der Waals surface area contributed by atoms with Gasteiger partial charge in [-0.15, -0.1) is 11.3 Å². The second kappa shape index (κ2) is 6.68. The summed E-state index contributed by atoms with van der Waals surface area (Å²) in [6.45, 7) is 1.48. The van der Waals surface area contributed by atoms with Crippen LogP contribution in [0, 0.1) is 11.3 Å². The number of carbonyl (C=O) groups is 2. The highest BCUT2D eigenvalue weighted by atomic mass is 32.1. The van der Waals surface area contributed by atoms with E-state index in [1.165, 1.54) is 18.3 Å². The van der Waals surface area contributed by atoms with Gasteiger partial charge < -0.3 is 10.1 Å². The van der Waals surface area contributed by atoms with E-state index in [1.54, 1.807) is 41.8 Å². The van der Waals surface area contributed by atoms with Crippen molar-refractivity contribution in [2.24, 2.45) is 0 Å². The topological polar surface area (TPSA) is 79.2 Å². The lowest BCUT2D eigenvalue weighted by molar-refractivity contribution is -0.123. The lowest BCUT2D eigenvalue weighted by Crippen LogP contribution is -2.29. The summed E-state index contributed by atoms with van der Waals surface area (Å²) in [5.74, 6) is -1.04. The number of ether oxygens (including phenoxy) is 1. The number of anilines is 1. The van der Waals surface area contributed by atoms with Crippen molar-refractivity contribution in [2.45, 2.75) is 13.0 Å². The molecular weight excluding hydrogens is 288 g/mol. The summed E-state index contributed by atoms with van der Waals surface area (Å²) in [5.41, 5.74) is 0.765. The highest BCUT2D eigenvalue weighted by Gasteiger charge is 2.20. The van der Waals surface area contributed by atoms with Gasteiger partial charge in [0.2, 0.25) is 0 Å². The van der Waals surface area contributed by atoms with E-state index in [1.807, 2.05) is 6.07 Å². The molecular formula is C15H12N2O3S. The van der Waals surface area contributed by atoms with E-state index in [2.05, 4.69) is 5.32 Å². The van der Waals surface area contributed by atoms with Gasteiger partial charge in [0.05, 0.1) is 11.1 Å². The zero-order chi connectivity index (χ0) is 15.2. The van der Waals surface area contributed by atoms with E-state index in [0.717, 1.165) is 0 Å². The van der Waals surface area contributed by atoms with Gasteiger partial charge in [-0.25, -0.2) is 4.79 Å². The van der Waals surface area contributed by atoms with Crippen molar-refractivity contribution >= 4 is 28.2 Å². The smallest absolute Gasteiger partial charge is 0.338 e. The first kappa shape index (κ1) is 14.8. The number of nitriles is 1. The van der Waals surface area contributed by atoms with Crippen LogP contribution in [0.1, 0.15) is 22.8 Å². The van der Waals surface area contributed by atoms with Crippen molar-refractivity contribution < 1.29 is 14.3 Å². The largest absolute Gasteiger partial charge is 0.449 e. The Hall–Kier alpha value is -2.65. The van der Waals surface area contributed by atoms with E-state index in [-0.39, 0.29) is 0 Å². The molecule has 0 bridgehead atoms. The summed E-state index contributed by atoms with van der Waals surface area (Å²) >= 11 is 1.24. The van der Waals surface area contributed by atoms with E-state index in [0.29, 0.717) is 16.1 Å². The Morgan fingerprint density at radius 3 is 2.67 bits per heavy atom. The van der Waals surface area contributed by atoms with E-state index in [4.69, 9.17) is 10.00 Å². The van der Waals surface area contributed by atoms with Crippen molar-refractivity contribution in [3.8, 4) is 6.07 Å². The van der Waals surface area contributed by atoms with Gasteiger partial charge in [0.15, 0.2) is 6.10 Å². The van der Waals surface area contributed by atoms with Crippen LogP contribution in [0.4, 0.5) is 5.00 Å². The standard InChI is InChI=1S/C15H12N2O3S/c1-10(20-15(19)11-5-3-2-4-6-11)13(18)17-14-12(9-16)7-8-21-14/h2-8,10H,1H3,(H,17,18). The molecule has 1 amide bonds. The second-order valence-electron chi connectivity index (χ2n) is 4.18. The van der Waals surface area contributed by atoms with Crippen LogP contribution in [-0.2, 0) is 9.53 Å². The Bertz CT molecular complexity index is 688. The molecule has 0 aliphatic heterocycles. The predicted molar refractivity (Wildman–Crippen MR) is 79.0 cm³/mol. The molecule has 0 spiro atoms. The van der Waals surface area contributed by atoms with E-state index >= 15 is 0 Å². The maximum Gasteiger partial charge on any atom is 0.338 e. The molecule has 1 aromatic heterocycles. The zero-order valence-electron chi connectivity index (χ0n) is 11.2. The molecule has 0 fully saturated rings.